The first-order valence-electron chi connectivity index (χ1n) is 8.83. The summed E-state index contributed by atoms with van der Waals surface area (Å²) in [7, 11) is 0. The van der Waals surface area contributed by atoms with Crippen LogP contribution in [0.3, 0.4) is 0 Å². The second-order valence-electron chi connectivity index (χ2n) is 7.39. The van der Waals surface area contributed by atoms with Gasteiger partial charge in [-0.25, -0.2) is 8.78 Å². The first-order valence-corrected chi connectivity index (χ1v) is 8.83. The number of aromatic nitrogens is 1. The van der Waals surface area contributed by atoms with Gasteiger partial charge in [0.05, 0.1) is 5.69 Å². The van der Waals surface area contributed by atoms with Crippen LogP contribution < -0.4 is 15.5 Å². The number of imide groups is 1. The van der Waals surface area contributed by atoms with Gasteiger partial charge >= 0.3 is 0 Å². The summed E-state index contributed by atoms with van der Waals surface area (Å²) in [5, 5.41) is 6.46. The van der Waals surface area contributed by atoms with Gasteiger partial charge in [0.2, 0.25) is 11.8 Å². The van der Waals surface area contributed by atoms with E-state index >= 15 is 0 Å². The molecule has 4 fully saturated rings. The Morgan fingerprint density at radius 1 is 1.04 bits per heavy atom. The van der Waals surface area contributed by atoms with E-state index < -0.39 is 23.6 Å². The summed E-state index contributed by atoms with van der Waals surface area (Å²) in [6.45, 7) is 1.36. The summed E-state index contributed by atoms with van der Waals surface area (Å²) in [4.78, 5) is 25.4. The topological polar surface area (TPSA) is 66.4 Å². The van der Waals surface area contributed by atoms with E-state index in [4.69, 9.17) is 0 Å². The number of carbonyl (C=O) groups excluding carboxylic acids is 2. The highest BCUT2D eigenvalue weighted by molar-refractivity contribution is 6.00. The van der Waals surface area contributed by atoms with E-state index in [-0.39, 0.29) is 12.3 Å². The van der Waals surface area contributed by atoms with Crippen molar-refractivity contribution >= 4 is 28.3 Å². The second kappa shape index (κ2) is 5.51. The van der Waals surface area contributed by atoms with Gasteiger partial charge in [-0.05, 0) is 12.8 Å². The Kier molecular flexibility index (Phi) is 3.34. The molecule has 3 unspecified atom stereocenters. The largest absolute Gasteiger partial charge is 0.365 e. The molecule has 3 atom stereocenters. The van der Waals surface area contributed by atoms with E-state index in [0.29, 0.717) is 48.1 Å². The maximum Gasteiger partial charge on any atom is 0.249 e. The lowest BCUT2D eigenvalue weighted by atomic mass is 9.90. The predicted octanol–water partition coefficient (Wildman–Crippen LogP) is 1.45. The zero-order valence-electron chi connectivity index (χ0n) is 14.0. The SMILES string of the molecule is O=C1CCC(n2cc3c(F)cc(F)c(N4CC5CC(C4)N5)c3c2)C(=O)N1. The highest BCUT2D eigenvalue weighted by atomic mass is 19.1. The molecule has 0 radical (unpaired) electrons. The summed E-state index contributed by atoms with van der Waals surface area (Å²) in [5.74, 6) is -1.95. The van der Waals surface area contributed by atoms with Gasteiger partial charge in [0.15, 0.2) is 0 Å². The number of piperidine rings is 2. The molecule has 4 saturated heterocycles. The summed E-state index contributed by atoms with van der Waals surface area (Å²) in [6.07, 6.45) is 4.83. The van der Waals surface area contributed by atoms with Crippen LogP contribution in [0.2, 0.25) is 0 Å². The number of nitrogens with zero attached hydrogens (tertiary/aromatic N) is 2. The Labute approximate surface area is 148 Å². The molecule has 0 aliphatic carbocycles. The monoisotopic (exact) mass is 360 g/mol. The Morgan fingerprint density at radius 3 is 2.42 bits per heavy atom. The predicted molar refractivity (Wildman–Crippen MR) is 90.8 cm³/mol. The van der Waals surface area contributed by atoms with Crippen molar-refractivity contribution in [3.8, 4) is 0 Å². The molecule has 2 aromatic rings. The molecule has 0 saturated carbocycles. The first kappa shape index (κ1) is 15.7. The third-order valence-corrected chi connectivity index (χ3v) is 5.65. The Hall–Kier alpha value is -2.48. The lowest BCUT2D eigenvalue weighted by molar-refractivity contribution is -0.135. The van der Waals surface area contributed by atoms with Crippen molar-refractivity contribution in [3.63, 3.8) is 0 Å². The zero-order valence-corrected chi connectivity index (χ0v) is 14.0. The third-order valence-electron chi connectivity index (χ3n) is 5.65. The maximum atomic E-state index is 14.7. The van der Waals surface area contributed by atoms with E-state index in [0.717, 1.165) is 12.5 Å². The minimum atomic E-state index is -0.646. The molecule has 1 aromatic carbocycles. The van der Waals surface area contributed by atoms with Crippen LogP contribution in [0.5, 0.6) is 0 Å². The van der Waals surface area contributed by atoms with Gasteiger partial charge in [0.25, 0.3) is 0 Å². The van der Waals surface area contributed by atoms with Crippen LogP contribution >= 0.6 is 0 Å². The Balaban J connectivity index is 1.59. The number of benzene rings is 1. The standard InChI is InChI=1S/C18H18F2N4O2/c19-13-4-14(20)17(24-5-9-3-10(6-24)21-9)12-8-23(7-11(12)13)15-1-2-16(25)22-18(15)26/h4,7-10,15,21H,1-3,5-6H2,(H,22,25,26). The van der Waals surface area contributed by atoms with Gasteiger partial charge in [-0.3, -0.25) is 14.9 Å². The number of piperazine rings is 1. The van der Waals surface area contributed by atoms with E-state index in [1.807, 2.05) is 4.90 Å². The fraction of sp³-hybridized carbons (Fsp3) is 0.444. The average Bonchev–Trinajstić information content (AvgIpc) is 2.99. The van der Waals surface area contributed by atoms with E-state index in [2.05, 4.69) is 10.6 Å². The van der Waals surface area contributed by atoms with Crippen LogP contribution in [0.25, 0.3) is 10.8 Å². The van der Waals surface area contributed by atoms with E-state index in [9.17, 15) is 18.4 Å². The van der Waals surface area contributed by atoms with Gasteiger partial charge in [-0.15, -0.1) is 0 Å². The number of fused-ring (bicyclic) bond motifs is 3. The Bertz CT molecular complexity index is 925. The van der Waals surface area contributed by atoms with Crippen molar-refractivity contribution in [3.05, 3.63) is 30.1 Å². The first-order chi connectivity index (χ1) is 12.5. The number of anilines is 1. The number of nitrogens with one attached hydrogen (secondary N) is 2. The maximum absolute atomic E-state index is 14.7. The summed E-state index contributed by atoms with van der Waals surface area (Å²) in [6, 6.07) is 1.00. The molecular weight excluding hydrogens is 342 g/mol. The summed E-state index contributed by atoms with van der Waals surface area (Å²) in [5.41, 5.74) is 0.392. The van der Waals surface area contributed by atoms with Crippen molar-refractivity contribution in [1.29, 1.82) is 0 Å². The summed E-state index contributed by atoms with van der Waals surface area (Å²) < 4.78 is 30.6. The van der Waals surface area contributed by atoms with Crippen LogP contribution in [-0.4, -0.2) is 41.6 Å². The molecule has 4 aliphatic heterocycles. The minimum Gasteiger partial charge on any atom is -0.365 e. The van der Waals surface area contributed by atoms with Crippen LogP contribution in [0.15, 0.2) is 18.5 Å². The van der Waals surface area contributed by atoms with Gasteiger partial charge in [-0.1, -0.05) is 0 Å². The lowest BCUT2D eigenvalue weighted by Gasteiger charge is -2.49. The van der Waals surface area contributed by atoms with Crippen molar-refractivity contribution < 1.29 is 18.4 Å². The molecule has 2 amide bonds. The normalized spacial score (nSPS) is 28.2. The Morgan fingerprint density at radius 2 is 1.73 bits per heavy atom. The molecule has 8 heteroatoms. The molecule has 2 N–H and O–H groups in total. The quantitative estimate of drug-likeness (QED) is 0.796. The van der Waals surface area contributed by atoms with Crippen molar-refractivity contribution in [1.82, 2.24) is 15.2 Å². The third kappa shape index (κ3) is 2.32. The molecule has 6 nitrogen and oxygen atoms in total. The second-order valence-corrected chi connectivity index (χ2v) is 7.39. The minimum absolute atomic E-state index is 0.232. The number of amides is 2. The molecule has 6 rings (SSSR count). The highest BCUT2D eigenvalue weighted by Crippen LogP contribution is 2.37. The van der Waals surface area contributed by atoms with Gasteiger partial charge in [0, 0.05) is 60.8 Å². The number of rotatable bonds is 2. The molecule has 1 aromatic heterocycles. The fourth-order valence-electron chi connectivity index (χ4n) is 4.40. The molecule has 26 heavy (non-hydrogen) atoms. The molecule has 2 bridgehead atoms. The van der Waals surface area contributed by atoms with Crippen molar-refractivity contribution in [2.75, 3.05) is 18.0 Å². The molecule has 136 valence electrons. The number of carbonyl (C=O) groups is 2. The smallest absolute Gasteiger partial charge is 0.249 e. The van der Waals surface area contributed by atoms with Crippen LogP contribution in [-0.2, 0) is 9.59 Å². The number of hydrogen-bond acceptors (Lipinski definition) is 4. The van der Waals surface area contributed by atoms with Gasteiger partial charge in [0.1, 0.15) is 17.7 Å². The van der Waals surface area contributed by atoms with E-state index in [1.165, 1.54) is 6.20 Å². The fourth-order valence-corrected chi connectivity index (χ4v) is 4.40. The van der Waals surface area contributed by atoms with Crippen LogP contribution in [0.1, 0.15) is 25.3 Å². The molecule has 4 aliphatic rings. The number of hydrogen-bond donors (Lipinski definition) is 2. The van der Waals surface area contributed by atoms with E-state index in [1.54, 1.807) is 10.8 Å². The van der Waals surface area contributed by atoms with Crippen molar-refractivity contribution in [2.24, 2.45) is 0 Å². The summed E-state index contributed by atoms with van der Waals surface area (Å²) >= 11 is 0. The van der Waals surface area contributed by atoms with Crippen LogP contribution in [0.4, 0.5) is 14.5 Å². The average molecular weight is 360 g/mol. The zero-order chi connectivity index (χ0) is 18.0. The van der Waals surface area contributed by atoms with Crippen molar-refractivity contribution in [2.45, 2.75) is 37.4 Å². The van der Waals surface area contributed by atoms with Gasteiger partial charge < -0.3 is 14.8 Å². The molecular formula is C18H18F2N4O2. The molecule has 5 heterocycles. The highest BCUT2D eigenvalue weighted by Gasteiger charge is 2.38. The molecule has 0 spiro atoms. The van der Waals surface area contributed by atoms with Crippen LogP contribution in [0, 0.1) is 11.6 Å². The lowest BCUT2D eigenvalue weighted by Crippen LogP contribution is -2.67. The van der Waals surface area contributed by atoms with Gasteiger partial charge in [-0.2, -0.15) is 0 Å². The number of halogens is 2.